The van der Waals surface area contributed by atoms with E-state index >= 15 is 0 Å². The first-order chi connectivity index (χ1) is 11.2. The van der Waals surface area contributed by atoms with E-state index in [1.54, 1.807) is 6.07 Å². The molecule has 1 amide bonds. The van der Waals surface area contributed by atoms with Gasteiger partial charge in [0.05, 0.1) is 17.7 Å². The van der Waals surface area contributed by atoms with Crippen LogP contribution in [0, 0.1) is 17.2 Å². The van der Waals surface area contributed by atoms with Crippen LogP contribution >= 0.6 is 0 Å². The first kappa shape index (κ1) is 15.2. The molecule has 1 aliphatic rings. The predicted molar refractivity (Wildman–Crippen MR) is 84.3 cm³/mol. The van der Waals surface area contributed by atoms with Crippen LogP contribution in [0.5, 0.6) is 0 Å². The van der Waals surface area contributed by atoms with Crippen molar-refractivity contribution in [3.8, 4) is 6.07 Å². The zero-order valence-corrected chi connectivity index (χ0v) is 12.5. The molecule has 1 atom stereocenters. The fourth-order valence-corrected chi connectivity index (χ4v) is 2.85. The molecule has 0 saturated heterocycles. The normalized spacial score (nSPS) is 20.9. The highest BCUT2D eigenvalue weighted by atomic mass is 16.3. The summed E-state index contributed by atoms with van der Waals surface area (Å²) in [4.78, 5) is 16.4. The SMILES string of the molecule is N#Cc1ccc(C(=O)N[C@@H](c2ccccc2)C2CC(O)C2)cn1. The van der Waals surface area contributed by atoms with Crippen molar-refractivity contribution < 1.29 is 9.90 Å². The molecular weight excluding hydrogens is 290 g/mol. The molecule has 23 heavy (non-hydrogen) atoms. The molecule has 1 aliphatic carbocycles. The summed E-state index contributed by atoms with van der Waals surface area (Å²) in [6, 6.07) is 14.7. The number of nitriles is 1. The molecule has 0 radical (unpaired) electrons. The molecule has 116 valence electrons. The highest BCUT2D eigenvalue weighted by molar-refractivity contribution is 5.94. The lowest BCUT2D eigenvalue weighted by Gasteiger charge is -2.38. The first-order valence-electron chi connectivity index (χ1n) is 7.57. The summed E-state index contributed by atoms with van der Waals surface area (Å²) < 4.78 is 0. The van der Waals surface area contributed by atoms with Crippen molar-refractivity contribution in [2.45, 2.75) is 25.0 Å². The van der Waals surface area contributed by atoms with Gasteiger partial charge in [0.2, 0.25) is 0 Å². The highest BCUT2D eigenvalue weighted by Gasteiger charge is 2.35. The molecule has 0 spiro atoms. The van der Waals surface area contributed by atoms with E-state index in [0.717, 1.165) is 5.56 Å². The molecular formula is C18H17N3O2. The standard InChI is InChI=1S/C18H17N3O2/c19-10-15-7-6-13(11-20-15)18(23)21-17(14-8-16(22)9-14)12-4-2-1-3-5-12/h1-7,11,14,16-17,22H,8-9H2,(H,21,23)/t14?,16?,17-/m0/s1. The van der Waals surface area contributed by atoms with Gasteiger partial charge in [0.15, 0.2) is 0 Å². The number of aliphatic hydroxyl groups is 1. The van der Waals surface area contributed by atoms with Crippen LogP contribution in [0.3, 0.4) is 0 Å². The van der Waals surface area contributed by atoms with Crippen molar-refractivity contribution in [3.63, 3.8) is 0 Å². The van der Waals surface area contributed by atoms with Crippen molar-refractivity contribution in [1.82, 2.24) is 10.3 Å². The Morgan fingerprint density at radius 2 is 2.00 bits per heavy atom. The van der Waals surface area contributed by atoms with Gasteiger partial charge in [-0.25, -0.2) is 4.98 Å². The van der Waals surface area contributed by atoms with Crippen LogP contribution in [-0.4, -0.2) is 22.1 Å². The molecule has 1 heterocycles. The molecule has 3 rings (SSSR count). The molecule has 2 N–H and O–H groups in total. The number of carbonyl (C=O) groups excluding carboxylic acids is 1. The van der Waals surface area contributed by atoms with Crippen LogP contribution in [0.25, 0.3) is 0 Å². The number of amides is 1. The Labute approximate surface area is 134 Å². The van der Waals surface area contributed by atoms with Crippen LogP contribution in [0.1, 0.15) is 40.5 Å². The van der Waals surface area contributed by atoms with Crippen molar-refractivity contribution in [3.05, 3.63) is 65.5 Å². The summed E-state index contributed by atoms with van der Waals surface area (Å²) in [6.07, 6.45) is 2.50. The van der Waals surface area contributed by atoms with Crippen molar-refractivity contribution >= 4 is 5.91 Å². The zero-order chi connectivity index (χ0) is 16.2. The maximum Gasteiger partial charge on any atom is 0.253 e. The van der Waals surface area contributed by atoms with Crippen molar-refractivity contribution in [2.75, 3.05) is 0 Å². The second-order valence-corrected chi connectivity index (χ2v) is 5.79. The summed E-state index contributed by atoms with van der Waals surface area (Å²) >= 11 is 0. The third-order valence-electron chi connectivity index (χ3n) is 4.21. The molecule has 0 aliphatic heterocycles. The number of pyridine rings is 1. The van der Waals surface area contributed by atoms with Crippen LogP contribution < -0.4 is 5.32 Å². The quantitative estimate of drug-likeness (QED) is 0.906. The van der Waals surface area contributed by atoms with E-state index in [9.17, 15) is 9.90 Å². The van der Waals surface area contributed by atoms with Crippen LogP contribution in [-0.2, 0) is 0 Å². The number of rotatable bonds is 4. The Morgan fingerprint density at radius 1 is 1.26 bits per heavy atom. The summed E-state index contributed by atoms with van der Waals surface area (Å²) in [7, 11) is 0. The van der Waals surface area contributed by atoms with Gasteiger partial charge in [0.1, 0.15) is 11.8 Å². The first-order valence-corrected chi connectivity index (χ1v) is 7.57. The summed E-state index contributed by atoms with van der Waals surface area (Å²) in [5, 5.41) is 21.4. The molecule has 0 unspecified atom stereocenters. The van der Waals surface area contributed by atoms with Gasteiger partial charge in [0, 0.05) is 6.20 Å². The van der Waals surface area contributed by atoms with Crippen LogP contribution in [0.4, 0.5) is 0 Å². The predicted octanol–water partition coefficient (Wildman–Crippen LogP) is 2.20. The third kappa shape index (κ3) is 3.38. The lowest BCUT2D eigenvalue weighted by molar-refractivity contribution is 0.0235. The maximum atomic E-state index is 12.5. The summed E-state index contributed by atoms with van der Waals surface area (Å²) in [5.74, 6) is -0.0000708. The topological polar surface area (TPSA) is 86.0 Å². The van der Waals surface area contributed by atoms with E-state index in [4.69, 9.17) is 5.26 Å². The van der Waals surface area contributed by atoms with Crippen LogP contribution in [0.15, 0.2) is 48.7 Å². The third-order valence-corrected chi connectivity index (χ3v) is 4.21. The number of hydrogen-bond donors (Lipinski definition) is 2. The fourth-order valence-electron chi connectivity index (χ4n) is 2.85. The minimum atomic E-state index is -0.278. The van der Waals surface area contributed by atoms with E-state index in [-0.39, 0.29) is 29.7 Å². The summed E-state index contributed by atoms with van der Waals surface area (Å²) in [5.41, 5.74) is 1.73. The van der Waals surface area contributed by atoms with E-state index < -0.39 is 0 Å². The van der Waals surface area contributed by atoms with E-state index in [0.29, 0.717) is 18.4 Å². The second kappa shape index (κ2) is 6.59. The van der Waals surface area contributed by atoms with Gasteiger partial charge in [-0.15, -0.1) is 0 Å². The molecule has 0 bridgehead atoms. The Balaban J connectivity index is 1.77. The average molecular weight is 307 g/mol. The number of aromatic nitrogens is 1. The number of aliphatic hydroxyl groups excluding tert-OH is 1. The molecule has 1 fully saturated rings. The number of carbonyl (C=O) groups is 1. The molecule has 5 nitrogen and oxygen atoms in total. The van der Waals surface area contributed by atoms with Gasteiger partial charge in [-0.2, -0.15) is 5.26 Å². The minimum Gasteiger partial charge on any atom is -0.393 e. The van der Waals surface area contributed by atoms with Gasteiger partial charge in [-0.05, 0) is 36.5 Å². The van der Waals surface area contributed by atoms with Gasteiger partial charge < -0.3 is 10.4 Å². The molecule has 1 saturated carbocycles. The smallest absolute Gasteiger partial charge is 0.253 e. The van der Waals surface area contributed by atoms with Crippen molar-refractivity contribution in [2.24, 2.45) is 5.92 Å². The van der Waals surface area contributed by atoms with E-state index in [2.05, 4.69) is 10.3 Å². The lowest BCUT2D eigenvalue weighted by Crippen LogP contribution is -2.41. The Kier molecular flexibility index (Phi) is 4.35. The fraction of sp³-hybridized carbons (Fsp3) is 0.278. The van der Waals surface area contributed by atoms with Crippen LogP contribution in [0.2, 0.25) is 0 Å². The maximum absolute atomic E-state index is 12.5. The minimum absolute atomic E-state index is 0.136. The number of nitrogens with one attached hydrogen (secondary N) is 1. The number of nitrogens with zero attached hydrogens (tertiary/aromatic N) is 2. The van der Waals surface area contributed by atoms with Gasteiger partial charge in [-0.3, -0.25) is 4.79 Å². The highest BCUT2D eigenvalue weighted by Crippen LogP contribution is 2.38. The zero-order valence-electron chi connectivity index (χ0n) is 12.5. The Morgan fingerprint density at radius 3 is 2.57 bits per heavy atom. The average Bonchev–Trinajstić information content (AvgIpc) is 2.58. The molecule has 5 heteroatoms. The largest absolute Gasteiger partial charge is 0.393 e. The molecule has 1 aromatic heterocycles. The van der Waals surface area contributed by atoms with Gasteiger partial charge in [0.25, 0.3) is 5.91 Å². The lowest BCUT2D eigenvalue weighted by atomic mass is 9.75. The second-order valence-electron chi connectivity index (χ2n) is 5.79. The number of hydrogen-bond acceptors (Lipinski definition) is 4. The van der Waals surface area contributed by atoms with E-state index in [1.807, 2.05) is 36.4 Å². The Hall–Kier alpha value is -2.71. The molecule has 2 aromatic rings. The van der Waals surface area contributed by atoms with E-state index in [1.165, 1.54) is 12.3 Å². The molecule has 1 aromatic carbocycles. The number of benzene rings is 1. The summed E-state index contributed by atoms with van der Waals surface area (Å²) in [6.45, 7) is 0. The Bertz CT molecular complexity index is 716. The van der Waals surface area contributed by atoms with Crippen molar-refractivity contribution in [1.29, 1.82) is 5.26 Å². The van der Waals surface area contributed by atoms with Gasteiger partial charge in [-0.1, -0.05) is 30.3 Å². The monoisotopic (exact) mass is 307 g/mol. The van der Waals surface area contributed by atoms with Gasteiger partial charge >= 0.3 is 0 Å².